The van der Waals surface area contributed by atoms with E-state index in [9.17, 15) is 4.79 Å². The molecule has 0 unspecified atom stereocenters. The fourth-order valence-electron chi connectivity index (χ4n) is 3.19. The first kappa shape index (κ1) is 14.8. The molecule has 116 valence electrons. The van der Waals surface area contributed by atoms with E-state index in [1.54, 1.807) is 0 Å². The van der Waals surface area contributed by atoms with Crippen molar-refractivity contribution in [2.75, 3.05) is 5.32 Å². The highest BCUT2D eigenvalue weighted by Crippen LogP contribution is 2.59. The minimum atomic E-state index is 0.0237. The van der Waals surface area contributed by atoms with Crippen molar-refractivity contribution in [1.82, 2.24) is 4.98 Å². The zero-order valence-corrected chi connectivity index (χ0v) is 13.7. The molecular formula is C18H22N2O2. The molecule has 1 aromatic heterocycles. The van der Waals surface area contributed by atoms with Gasteiger partial charge in [0.15, 0.2) is 11.5 Å². The predicted octanol–water partition coefficient (Wildman–Crippen LogP) is 4.31. The maximum absolute atomic E-state index is 12.5. The molecule has 2 aromatic rings. The van der Waals surface area contributed by atoms with E-state index in [-0.39, 0.29) is 17.2 Å². The lowest BCUT2D eigenvalue weighted by Gasteiger charge is -2.05. The highest BCUT2D eigenvalue weighted by atomic mass is 16.3. The number of aryl methyl sites for hydroxylation is 1. The number of benzene rings is 1. The second-order valence-electron chi connectivity index (χ2n) is 6.97. The van der Waals surface area contributed by atoms with E-state index in [4.69, 9.17) is 4.42 Å². The topological polar surface area (TPSA) is 55.1 Å². The molecular weight excluding hydrogens is 276 g/mol. The van der Waals surface area contributed by atoms with Gasteiger partial charge in [-0.05, 0) is 43.4 Å². The molecule has 1 N–H and O–H groups in total. The Labute approximate surface area is 130 Å². The molecule has 1 saturated carbocycles. The summed E-state index contributed by atoms with van der Waals surface area (Å²) in [5, 5.41) is 3.01. The Morgan fingerprint density at radius 2 is 2.09 bits per heavy atom. The van der Waals surface area contributed by atoms with Crippen LogP contribution >= 0.6 is 0 Å². The summed E-state index contributed by atoms with van der Waals surface area (Å²) in [5.41, 5.74) is 3.56. The number of hydrogen-bond donors (Lipinski definition) is 1. The van der Waals surface area contributed by atoms with Crippen LogP contribution < -0.4 is 5.32 Å². The molecule has 4 heteroatoms. The Morgan fingerprint density at radius 1 is 1.36 bits per heavy atom. The number of fused-ring (bicyclic) bond motifs is 1. The minimum absolute atomic E-state index is 0.0237. The molecule has 2 atom stereocenters. The summed E-state index contributed by atoms with van der Waals surface area (Å²) >= 11 is 0. The lowest BCUT2D eigenvalue weighted by atomic mass is 10.1. The van der Waals surface area contributed by atoms with E-state index < -0.39 is 0 Å². The molecule has 22 heavy (non-hydrogen) atoms. The summed E-state index contributed by atoms with van der Waals surface area (Å²) in [6.07, 6.45) is 2.20. The van der Waals surface area contributed by atoms with Gasteiger partial charge in [0.1, 0.15) is 5.52 Å². The van der Waals surface area contributed by atoms with Crippen molar-refractivity contribution in [2.45, 2.75) is 34.6 Å². The molecule has 0 saturated heterocycles. The molecule has 4 nitrogen and oxygen atoms in total. The Balaban J connectivity index is 1.77. The van der Waals surface area contributed by atoms with E-state index in [2.05, 4.69) is 44.1 Å². The van der Waals surface area contributed by atoms with Gasteiger partial charge in [0.05, 0.1) is 5.92 Å². The van der Waals surface area contributed by atoms with Gasteiger partial charge in [0, 0.05) is 12.6 Å². The average molecular weight is 298 g/mol. The third kappa shape index (κ3) is 2.54. The number of aromatic nitrogens is 1. The summed E-state index contributed by atoms with van der Waals surface area (Å²) < 4.78 is 5.45. The van der Waals surface area contributed by atoms with Gasteiger partial charge >= 0.3 is 0 Å². The monoisotopic (exact) mass is 298 g/mol. The molecule has 0 bridgehead atoms. The molecule has 1 heterocycles. The van der Waals surface area contributed by atoms with Crippen molar-refractivity contribution >= 4 is 22.7 Å². The van der Waals surface area contributed by atoms with E-state index in [1.165, 1.54) is 5.57 Å². The third-order valence-electron chi connectivity index (χ3n) is 4.47. The fraction of sp³-hybridized carbons (Fsp3) is 0.444. The smallest absolute Gasteiger partial charge is 0.228 e. The zero-order chi connectivity index (χ0) is 16.1. The Hall–Kier alpha value is -2.10. The molecule has 0 spiro atoms. The molecule has 3 rings (SSSR count). The predicted molar refractivity (Wildman–Crippen MR) is 87.6 cm³/mol. The number of rotatable bonds is 3. The van der Waals surface area contributed by atoms with Crippen molar-refractivity contribution in [2.24, 2.45) is 17.3 Å². The van der Waals surface area contributed by atoms with Crippen molar-refractivity contribution in [3.8, 4) is 0 Å². The number of anilines is 1. The summed E-state index contributed by atoms with van der Waals surface area (Å²) in [5.74, 6) is 1.05. The van der Waals surface area contributed by atoms with Crippen LogP contribution in [0.25, 0.3) is 11.1 Å². The van der Waals surface area contributed by atoms with Crippen LogP contribution in [0.2, 0.25) is 0 Å². The largest absolute Gasteiger partial charge is 0.441 e. The van der Waals surface area contributed by atoms with E-state index in [0.717, 1.165) is 16.8 Å². The van der Waals surface area contributed by atoms with Crippen LogP contribution in [0.5, 0.6) is 0 Å². The zero-order valence-electron chi connectivity index (χ0n) is 13.7. The number of nitrogens with zero attached hydrogens (tertiary/aromatic N) is 1. The van der Waals surface area contributed by atoms with Crippen LogP contribution in [0.1, 0.15) is 33.6 Å². The number of oxazole rings is 1. The van der Waals surface area contributed by atoms with Gasteiger partial charge in [-0.1, -0.05) is 25.5 Å². The van der Waals surface area contributed by atoms with Gasteiger partial charge in [-0.3, -0.25) is 4.79 Å². The number of hydrogen-bond acceptors (Lipinski definition) is 3. The van der Waals surface area contributed by atoms with Gasteiger partial charge < -0.3 is 9.73 Å². The molecule has 1 aliphatic carbocycles. The molecule has 1 amide bonds. The van der Waals surface area contributed by atoms with Crippen molar-refractivity contribution in [1.29, 1.82) is 0 Å². The number of allylic oxidation sites excluding steroid dienone is 2. The highest BCUT2D eigenvalue weighted by molar-refractivity contribution is 5.97. The first-order valence-corrected chi connectivity index (χ1v) is 7.62. The van der Waals surface area contributed by atoms with Gasteiger partial charge in [-0.15, -0.1) is 0 Å². The third-order valence-corrected chi connectivity index (χ3v) is 4.47. The molecule has 0 radical (unpaired) electrons. The van der Waals surface area contributed by atoms with Crippen LogP contribution in [0.3, 0.4) is 0 Å². The lowest BCUT2D eigenvalue weighted by molar-refractivity contribution is -0.118. The SMILES string of the molecule is CC(C)=C[C@@H]1[C@@H](C(=O)Nc2ccc3oc(C)nc3c2)C1(C)C. The van der Waals surface area contributed by atoms with Crippen molar-refractivity contribution < 1.29 is 9.21 Å². The number of carbonyl (C=O) groups is 1. The lowest BCUT2D eigenvalue weighted by Crippen LogP contribution is -2.16. The summed E-state index contributed by atoms with van der Waals surface area (Å²) in [7, 11) is 0. The Morgan fingerprint density at radius 3 is 2.77 bits per heavy atom. The average Bonchev–Trinajstić information content (AvgIpc) is 2.75. The van der Waals surface area contributed by atoms with Crippen LogP contribution in [0.4, 0.5) is 5.69 Å². The first-order valence-electron chi connectivity index (χ1n) is 7.62. The second-order valence-corrected chi connectivity index (χ2v) is 6.97. The molecule has 1 fully saturated rings. The van der Waals surface area contributed by atoms with Gasteiger partial charge in [-0.25, -0.2) is 4.98 Å². The number of nitrogens with one attached hydrogen (secondary N) is 1. The maximum Gasteiger partial charge on any atom is 0.228 e. The number of amides is 1. The normalized spacial score (nSPS) is 22.4. The van der Waals surface area contributed by atoms with Crippen LogP contribution in [0.15, 0.2) is 34.3 Å². The number of carbonyl (C=O) groups excluding carboxylic acids is 1. The molecule has 0 aliphatic heterocycles. The van der Waals surface area contributed by atoms with Crippen molar-refractivity contribution in [3.05, 3.63) is 35.7 Å². The Bertz CT molecular complexity index is 766. The summed E-state index contributed by atoms with van der Waals surface area (Å²) in [4.78, 5) is 16.8. The van der Waals surface area contributed by atoms with E-state index in [1.807, 2.05) is 25.1 Å². The quantitative estimate of drug-likeness (QED) is 0.859. The van der Waals surface area contributed by atoms with Crippen LogP contribution in [-0.4, -0.2) is 10.9 Å². The summed E-state index contributed by atoms with van der Waals surface area (Å²) in [6.45, 7) is 10.3. The molecule has 1 aromatic carbocycles. The molecule has 1 aliphatic rings. The standard InChI is InChI=1S/C18H22N2O2/c1-10(2)8-13-16(18(13,4)5)17(21)20-12-6-7-15-14(9-12)19-11(3)22-15/h6-9,13,16H,1-5H3,(H,20,21)/t13-,16+/m1/s1. The van der Waals surface area contributed by atoms with Crippen molar-refractivity contribution in [3.63, 3.8) is 0 Å². The fourth-order valence-corrected chi connectivity index (χ4v) is 3.19. The van der Waals surface area contributed by atoms with Gasteiger partial charge in [0.2, 0.25) is 5.91 Å². The van der Waals surface area contributed by atoms with E-state index >= 15 is 0 Å². The maximum atomic E-state index is 12.5. The van der Waals surface area contributed by atoms with E-state index in [0.29, 0.717) is 11.8 Å². The second kappa shape index (κ2) is 4.97. The highest BCUT2D eigenvalue weighted by Gasteiger charge is 2.60. The Kier molecular flexibility index (Phi) is 3.35. The van der Waals surface area contributed by atoms with Gasteiger partial charge in [-0.2, -0.15) is 0 Å². The minimum Gasteiger partial charge on any atom is -0.441 e. The first-order chi connectivity index (χ1) is 10.3. The summed E-state index contributed by atoms with van der Waals surface area (Å²) in [6, 6.07) is 5.56. The van der Waals surface area contributed by atoms with Crippen LogP contribution in [-0.2, 0) is 4.79 Å². The van der Waals surface area contributed by atoms with Crippen LogP contribution in [0, 0.1) is 24.2 Å². The van der Waals surface area contributed by atoms with Gasteiger partial charge in [0.25, 0.3) is 0 Å².